The van der Waals surface area contributed by atoms with Crippen molar-refractivity contribution in [3.8, 4) is 0 Å². The number of aliphatic carboxylic acids is 1. The Morgan fingerprint density at radius 1 is 1.30 bits per heavy atom. The van der Waals surface area contributed by atoms with E-state index in [4.69, 9.17) is 0 Å². The van der Waals surface area contributed by atoms with Gasteiger partial charge in [-0.2, -0.15) is 4.31 Å². The summed E-state index contributed by atoms with van der Waals surface area (Å²) in [5.41, 5.74) is -0.324. The van der Waals surface area contributed by atoms with E-state index in [0.717, 1.165) is 19.3 Å². The molecule has 1 N–H and O–H groups in total. The first kappa shape index (κ1) is 16.4. The molecule has 1 aliphatic carbocycles. The summed E-state index contributed by atoms with van der Waals surface area (Å²) in [4.78, 5) is 11.3. The van der Waals surface area contributed by atoms with Crippen LogP contribution in [0.5, 0.6) is 0 Å². The van der Waals surface area contributed by atoms with Crippen molar-refractivity contribution in [3.63, 3.8) is 0 Å². The fourth-order valence-electron chi connectivity index (χ4n) is 3.64. The van der Waals surface area contributed by atoms with Crippen LogP contribution in [-0.4, -0.2) is 35.9 Å². The maximum Gasteiger partial charge on any atom is 0.307 e. The summed E-state index contributed by atoms with van der Waals surface area (Å²) in [5.74, 6) is -2.62. The van der Waals surface area contributed by atoms with Gasteiger partial charge in [-0.25, -0.2) is 12.8 Å². The van der Waals surface area contributed by atoms with Crippen LogP contribution in [0.3, 0.4) is 0 Å². The average Bonchev–Trinajstić information content (AvgIpc) is 2.47. The summed E-state index contributed by atoms with van der Waals surface area (Å²) < 4.78 is 40.9. The van der Waals surface area contributed by atoms with Gasteiger partial charge in [0, 0.05) is 17.6 Å². The molecule has 23 heavy (non-hydrogen) atoms. The molecule has 7 heteroatoms. The minimum absolute atomic E-state index is 0.00782. The van der Waals surface area contributed by atoms with Crippen molar-refractivity contribution in [1.29, 1.82) is 0 Å². The van der Waals surface area contributed by atoms with Gasteiger partial charge in [-0.1, -0.05) is 18.2 Å². The molecule has 2 fully saturated rings. The first-order valence-corrected chi connectivity index (χ1v) is 9.42. The lowest BCUT2D eigenvalue weighted by Gasteiger charge is -2.53. The molecule has 1 saturated heterocycles. The highest BCUT2D eigenvalue weighted by atomic mass is 32.2. The average molecular weight is 341 g/mol. The van der Waals surface area contributed by atoms with E-state index in [-0.39, 0.29) is 12.1 Å². The van der Waals surface area contributed by atoms with E-state index < -0.39 is 39.0 Å². The lowest BCUT2D eigenvalue weighted by molar-refractivity contribution is -0.144. The Kier molecular flexibility index (Phi) is 4.18. The van der Waals surface area contributed by atoms with Gasteiger partial charge in [0.05, 0.1) is 11.7 Å². The van der Waals surface area contributed by atoms with Crippen LogP contribution in [0.1, 0.15) is 37.7 Å². The highest BCUT2D eigenvalue weighted by Crippen LogP contribution is 2.47. The zero-order valence-electron chi connectivity index (χ0n) is 12.7. The highest BCUT2D eigenvalue weighted by Gasteiger charge is 2.51. The summed E-state index contributed by atoms with van der Waals surface area (Å²) in [6.07, 6.45) is 3.54. The van der Waals surface area contributed by atoms with Crippen LogP contribution in [-0.2, 0) is 20.6 Å². The number of carboxylic acids is 1. The molecule has 126 valence electrons. The standard InChI is InChI=1S/C16H20FNO4S/c17-14-5-2-1-4-13(14)11-23(21,22)18-10-12(15(19)20)6-9-16(18)7-3-8-16/h1-2,4-5,12H,3,6-11H2,(H,19,20). The molecule has 1 atom stereocenters. The number of sulfonamides is 1. The van der Waals surface area contributed by atoms with Crippen LogP contribution < -0.4 is 0 Å². The van der Waals surface area contributed by atoms with Crippen LogP contribution in [0.4, 0.5) is 4.39 Å². The maximum atomic E-state index is 13.8. The number of hydrogen-bond donors (Lipinski definition) is 1. The second-order valence-corrected chi connectivity index (χ2v) is 8.42. The molecule has 2 aliphatic rings. The zero-order chi connectivity index (χ0) is 16.7. The third-order valence-electron chi connectivity index (χ3n) is 5.14. The topological polar surface area (TPSA) is 74.7 Å². The molecule has 1 saturated carbocycles. The summed E-state index contributed by atoms with van der Waals surface area (Å²) in [6, 6.07) is 5.81. The molecule has 5 nitrogen and oxygen atoms in total. The summed E-state index contributed by atoms with van der Waals surface area (Å²) >= 11 is 0. The third-order valence-corrected chi connectivity index (χ3v) is 7.02. The second-order valence-electron chi connectivity index (χ2n) is 6.53. The van der Waals surface area contributed by atoms with Gasteiger partial charge in [0.25, 0.3) is 0 Å². The molecule has 3 rings (SSSR count). The van der Waals surface area contributed by atoms with Crippen molar-refractivity contribution < 1.29 is 22.7 Å². The number of carboxylic acid groups (broad SMARTS) is 1. The first-order chi connectivity index (χ1) is 10.8. The van der Waals surface area contributed by atoms with Crippen molar-refractivity contribution in [1.82, 2.24) is 4.31 Å². The Morgan fingerprint density at radius 3 is 2.57 bits per heavy atom. The van der Waals surface area contributed by atoms with E-state index in [9.17, 15) is 22.7 Å². The molecule has 1 aliphatic heterocycles. The molecule has 0 radical (unpaired) electrons. The smallest absolute Gasteiger partial charge is 0.307 e. The van der Waals surface area contributed by atoms with Crippen molar-refractivity contribution in [2.45, 2.75) is 43.4 Å². The van der Waals surface area contributed by atoms with Crippen LogP contribution in [0.15, 0.2) is 24.3 Å². The van der Waals surface area contributed by atoms with Crippen LogP contribution >= 0.6 is 0 Å². The van der Waals surface area contributed by atoms with Crippen molar-refractivity contribution in [2.75, 3.05) is 6.54 Å². The minimum atomic E-state index is -3.76. The van der Waals surface area contributed by atoms with E-state index >= 15 is 0 Å². The zero-order valence-corrected chi connectivity index (χ0v) is 13.6. The van der Waals surface area contributed by atoms with E-state index in [1.54, 1.807) is 6.07 Å². The fraction of sp³-hybridized carbons (Fsp3) is 0.562. The first-order valence-electron chi connectivity index (χ1n) is 7.81. The molecule has 1 spiro atoms. The van der Waals surface area contributed by atoms with Gasteiger partial charge in [-0.3, -0.25) is 4.79 Å². The largest absolute Gasteiger partial charge is 0.481 e. The Labute approximate surface area is 135 Å². The summed E-state index contributed by atoms with van der Waals surface area (Å²) in [7, 11) is -3.76. The molecule has 0 amide bonds. The lowest BCUT2D eigenvalue weighted by atomic mass is 9.70. The Bertz CT molecular complexity index is 715. The van der Waals surface area contributed by atoms with Crippen molar-refractivity contribution in [3.05, 3.63) is 35.6 Å². The van der Waals surface area contributed by atoms with Gasteiger partial charge < -0.3 is 5.11 Å². The lowest BCUT2D eigenvalue weighted by Crippen LogP contribution is -2.61. The molecule has 1 aromatic carbocycles. The molecular formula is C16H20FNO4S. The molecule has 0 bridgehead atoms. The maximum absolute atomic E-state index is 13.8. The van der Waals surface area contributed by atoms with Gasteiger partial charge in [-0.15, -0.1) is 0 Å². The van der Waals surface area contributed by atoms with E-state index in [1.165, 1.54) is 22.5 Å². The number of rotatable bonds is 4. The number of piperidine rings is 1. The summed E-state index contributed by atoms with van der Waals surface area (Å²) in [5, 5.41) is 9.24. The number of nitrogens with zero attached hydrogens (tertiary/aromatic N) is 1. The van der Waals surface area contributed by atoms with Crippen LogP contribution in [0.2, 0.25) is 0 Å². The molecular weight excluding hydrogens is 321 g/mol. The Morgan fingerprint density at radius 2 is 2.00 bits per heavy atom. The van der Waals surface area contributed by atoms with Gasteiger partial charge in [0.15, 0.2) is 0 Å². The van der Waals surface area contributed by atoms with E-state index in [1.807, 2.05) is 0 Å². The number of benzene rings is 1. The molecule has 1 unspecified atom stereocenters. The highest BCUT2D eigenvalue weighted by molar-refractivity contribution is 7.88. The Balaban J connectivity index is 1.89. The molecule has 1 aromatic rings. The van der Waals surface area contributed by atoms with Crippen LogP contribution in [0.25, 0.3) is 0 Å². The van der Waals surface area contributed by atoms with E-state index in [2.05, 4.69) is 0 Å². The number of carbonyl (C=O) groups is 1. The Hall–Kier alpha value is -1.47. The quantitative estimate of drug-likeness (QED) is 0.912. The van der Waals surface area contributed by atoms with Crippen molar-refractivity contribution in [2.24, 2.45) is 5.92 Å². The normalized spacial score (nSPS) is 24.3. The van der Waals surface area contributed by atoms with Gasteiger partial charge in [0.2, 0.25) is 10.0 Å². The fourth-order valence-corrected chi connectivity index (χ4v) is 5.69. The van der Waals surface area contributed by atoms with Crippen LogP contribution in [0, 0.1) is 11.7 Å². The second kappa shape index (κ2) is 5.87. The minimum Gasteiger partial charge on any atom is -0.481 e. The molecule has 0 aromatic heterocycles. The predicted molar refractivity (Wildman–Crippen MR) is 82.7 cm³/mol. The third kappa shape index (κ3) is 2.99. The molecule has 1 heterocycles. The monoisotopic (exact) mass is 341 g/mol. The van der Waals surface area contributed by atoms with E-state index in [0.29, 0.717) is 12.8 Å². The predicted octanol–water partition coefficient (Wildman–Crippen LogP) is 2.37. The number of hydrogen-bond acceptors (Lipinski definition) is 3. The SMILES string of the molecule is O=C(O)C1CCC2(CCC2)N(S(=O)(=O)Cc2ccccc2F)C1. The van der Waals surface area contributed by atoms with Crippen molar-refractivity contribution >= 4 is 16.0 Å². The van der Waals surface area contributed by atoms with Gasteiger partial charge in [0.1, 0.15) is 5.82 Å². The number of halogens is 1. The van der Waals surface area contributed by atoms with Gasteiger partial charge >= 0.3 is 5.97 Å². The van der Waals surface area contributed by atoms with Gasteiger partial charge in [-0.05, 0) is 38.2 Å². The summed E-state index contributed by atoms with van der Waals surface area (Å²) in [6.45, 7) is -0.00782.